The monoisotopic (exact) mass is 247 g/mol. The van der Waals surface area contributed by atoms with Crippen molar-refractivity contribution in [3.05, 3.63) is 33.3 Å². The van der Waals surface area contributed by atoms with Crippen molar-refractivity contribution in [2.24, 2.45) is 0 Å². The Balaban J connectivity index is 3.41. The molecule has 0 aliphatic rings. The maximum atomic E-state index is 11.3. The van der Waals surface area contributed by atoms with E-state index in [9.17, 15) is 4.79 Å². The van der Waals surface area contributed by atoms with Gasteiger partial charge in [-0.05, 0) is 12.1 Å². The molecular formula is C9H4Cl3NO. The summed E-state index contributed by atoms with van der Waals surface area (Å²) in [6.45, 7) is 0. The first kappa shape index (κ1) is 11.3. The summed E-state index contributed by atoms with van der Waals surface area (Å²) in [6.07, 6.45) is 0. The van der Waals surface area contributed by atoms with Gasteiger partial charge in [0.15, 0.2) is 5.78 Å². The molecule has 72 valence electrons. The maximum absolute atomic E-state index is 11.3. The van der Waals surface area contributed by atoms with Crippen molar-refractivity contribution in [2.45, 2.75) is 0 Å². The highest BCUT2D eigenvalue weighted by Crippen LogP contribution is 2.25. The van der Waals surface area contributed by atoms with Gasteiger partial charge >= 0.3 is 0 Å². The van der Waals surface area contributed by atoms with Crippen LogP contribution in [-0.2, 0) is 0 Å². The fraction of sp³-hybridized carbons (Fsp3) is 0.111. The van der Waals surface area contributed by atoms with Crippen LogP contribution in [0.25, 0.3) is 0 Å². The van der Waals surface area contributed by atoms with E-state index in [0.29, 0.717) is 5.02 Å². The van der Waals surface area contributed by atoms with Gasteiger partial charge in [0.1, 0.15) is 6.07 Å². The molecule has 2 nitrogen and oxygen atoms in total. The number of rotatable bonds is 2. The van der Waals surface area contributed by atoms with Crippen LogP contribution in [0.4, 0.5) is 0 Å². The number of ketones is 1. The number of nitriles is 1. The second kappa shape index (κ2) is 4.65. The third kappa shape index (κ3) is 2.19. The lowest BCUT2D eigenvalue weighted by atomic mass is 10.1. The molecule has 0 radical (unpaired) electrons. The molecule has 0 N–H and O–H groups in total. The summed E-state index contributed by atoms with van der Waals surface area (Å²) in [4.78, 5) is 11.3. The molecule has 1 rings (SSSR count). The zero-order valence-electron chi connectivity index (χ0n) is 6.85. The molecule has 5 heteroatoms. The third-order valence-electron chi connectivity index (χ3n) is 1.59. The SMILES string of the molecule is N#Cc1c(Cl)cc(Cl)cc1C(=O)CCl. The normalized spacial score (nSPS) is 9.57. The van der Waals surface area contributed by atoms with Gasteiger partial charge in [0.25, 0.3) is 0 Å². The summed E-state index contributed by atoms with van der Waals surface area (Å²) in [6, 6.07) is 4.63. The Morgan fingerprint density at radius 2 is 2.07 bits per heavy atom. The molecule has 0 amide bonds. The lowest BCUT2D eigenvalue weighted by Crippen LogP contribution is -2.03. The third-order valence-corrected chi connectivity index (χ3v) is 2.35. The van der Waals surface area contributed by atoms with Crippen molar-refractivity contribution in [3.8, 4) is 6.07 Å². The molecule has 0 bridgehead atoms. The molecule has 0 saturated heterocycles. The first-order valence-corrected chi connectivity index (χ1v) is 4.87. The van der Waals surface area contributed by atoms with Crippen LogP contribution in [0.1, 0.15) is 15.9 Å². The van der Waals surface area contributed by atoms with E-state index in [1.54, 1.807) is 0 Å². The predicted octanol–water partition coefficient (Wildman–Crippen LogP) is 3.29. The molecule has 0 aromatic heterocycles. The average Bonchev–Trinajstić information content (AvgIpc) is 2.15. The lowest BCUT2D eigenvalue weighted by Gasteiger charge is -2.03. The van der Waals surface area contributed by atoms with Gasteiger partial charge in [0, 0.05) is 10.6 Å². The minimum absolute atomic E-state index is 0.113. The van der Waals surface area contributed by atoms with Gasteiger partial charge in [0.05, 0.1) is 16.5 Å². The van der Waals surface area contributed by atoms with Crippen molar-refractivity contribution < 1.29 is 4.79 Å². The minimum Gasteiger partial charge on any atom is -0.293 e. The van der Waals surface area contributed by atoms with Crippen LogP contribution >= 0.6 is 34.8 Å². The number of alkyl halides is 1. The van der Waals surface area contributed by atoms with Gasteiger partial charge in [-0.25, -0.2) is 0 Å². The summed E-state index contributed by atoms with van der Waals surface area (Å²) >= 11 is 16.8. The molecule has 0 atom stereocenters. The molecule has 0 unspecified atom stereocenters. The fourth-order valence-corrected chi connectivity index (χ4v) is 1.66. The van der Waals surface area contributed by atoms with Crippen LogP contribution in [0.3, 0.4) is 0 Å². The first-order valence-electron chi connectivity index (χ1n) is 3.58. The van der Waals surface area contributed by atoms with Crippen molar-refractivity contribution in [1.82, 2.24) is 0 Å². The fourth-order valence-electron chi connectivity index (χ4n) is 0.979. The highest BCUT2D eigenvalue weighted by atomic mass is 35.5. The van der Waals surface area contributed by atoms with Crippen LogP contribution < -0.4 is 0 Å². The molecule has 0 fully saturated rings. The zero-order chi connectivity index (χ0) is 10.7. The topological polar surface area (TPSA) is 40.9 Å². The van der Waals surface area contributed by atoms with E-state index < -0.39 is 0 Å². The Bertz CT molecular complexity index is 423. The number of Topliss-reactive ketones (excluding diaryl/α,β-unsaturated/α-hetero) is 1. The summed E-state index contributed by atoms with van der Waals surface area (Å²) in [5, 5.41) is 9.23. The Labute approximate surface area is 96.0 Å². The van der Waals surface area contributed by atoms with E-state index >= 15 is 0 Å². The van der Waals surface area contributed by atoms with E-state index in [4.69, 9.17) is 40.1 Å². The molecule has 0 aliphatic heterocycles. The van der Waals surface area contributed by atoms with Crippen LogP contribution in [-0.4, -0.2) is 11.7 Å². The number of hydrogen-bond acceptors (Lipinski definition) is 2. The van der Waals surface area contributed by atoms with Gasteiger partial charge < -0.3 is 0 Å². The second-order valence-electron chi connectivity index (χ2n) is 2.48. The molecule has 14 heavy (non-hydrogen) atoms. The van der Waals surface area contributed by atoms with Gasteiger partial charge in [0.2, 0.25) is 0 Å². The van der Waals surface area contributed by atoms with E-state index in [-0.39, 0.29) is 27.8 Å². The number of benzene rings is 1. The van der Waals surface area contributed by atoms with Gasteiger partial charge in [-0.1, -0.05) is 23.2 Å². The first-order chi connectivity index (χ1) is 6.60. The van der Waals surface area contributed by atoms with Crippen molar-refractivity contribution in [2.75, 3.05) is 5.88 Å². The van der Waals surface area contributed by atoms with Crippen molar-refractivity contribution >= 4 is 40.6 Å². The molecule has 0 saturated carbocycles. The zero-order valence-corrected chi connectivity index (χ0v) is 9.12. The van der Waals surface area contributed by atoms with Crippen LogP contribution in [0.2, 0.25) is 10.0 Å². The molecular weight excluding hydrogens is 244 g/mol. The number of nitrogens with zero attached hydrogens (tertiary/aromatic N) is 1. The predicted molar refractivity (Wildman–Crippen MR) is 56.2 cm³/mol. The number of carbonyl (C=O) groups is 1. The summed E-state index contributed by atoms with van der Waals surface area (Å²) in [5.74, 6) is -0.571. The Morgan fingerprint density at radius 1 is 1.43 bits per heavy atom. The maximum Gasteiger partial charge on any atom is 0.179 e. The molecule has 0 spiro atoms. The van der Waals surface area contributed by atoms with Gasteiger partial charge in [-0.2, -0.15) is 5.26 Å². The highest BCUT2D eigenvalue weighted by Gasteiger charge is 2.14. The largest absolute Gasteiger partial charge is 0.293 e. The second-order valence-corrected chi connectivity index (χ2v) is 3.59. The van der Waals surface area contributed by atoms with Crippen LogP contribution in [0, 0.1) is 11.3 Å². The lowest BCUT2D eigenvalue weighted by molar-refractivity contribution is 0.102. The quantitative estimate of drug-likeness (QED) is 0.595. The molecule has 1 aromatic rings. The number of hydrogen-bond donors (Lipinski definition) is 0. The van der Waals surface area contributed by atoms with Crippen molar-refractivity contribution in [3.63, 3.8) is 0 Å². The number of carbonyl (C=O) groups excluding carboxylic acids is 1. The summed E-state index contributed by atoms with van der Waals surface area (Å²) < 4.78 is 0. The minimum atomic E-state index is -0.368. The van der Waals surface area contributed by atoms with E-state index in [2.05, 4.69) is 0 Å². The summed E-state index contributed by atoms with van der Waals surface area (Å²) in [5.41, 5.74) is 0.279. The molecule has 0 heterocycles. The van der Waals surface area contributed by atoms with E-state index in [0.717, 1.165) is 0 Å². The van der Waals surface area contributed by atoms with E-state index in [1.807, 2.05) is 6.07 Å². The van der Waals surface area contributed by atoms with Gasteiger partial charge in [-0.3, -0.25) is 4.79 Å². The standard InChI is InChI=1S/C9H4Cl3NO/c10-3-9(14)6-1-5(11)2-8(12)7(6)4-13/h1-2H,3H2. The van der Waals surface area contributed by atoms with Crippen LogP contribution in [0.5, 0.6) is 0 Å². The van der Waals surface area contributed by atoms with Crippen LogP contribution in [0.15, 0.2) is 12.1 Å². The Hall–Kier alpha value is -0.750. The number of halogens is 3. The van der Waals surface area contributed by atoms with Gasteiger partial charge in [-0.15, -0.1) is 11.6 Å². The molecule has 0 aliphatic carbocycles. The molecule has 1 aromatic carbocycles. The Kier molecular flexibility index (Phi) is 3.77. The Morgan fingerprint density at radius 3 is 2.57 bits per heavy atom. The highest BCUT2D eigenvalue weighted by molar-refractivity contribution is 6.37. The van der Waals surface area contributed by atoms with E-state index in [1.165, 1.54) is 12.1 Å². The summed E-state index contributed by atoms with van der Waals surface area (Å²) in [7, 11) is 0. The van der Waals surface area contributed by atoms with Crippen molar-refractivity contribution in [1.29, 1.82) is 5.26 Å². The smallest absolute Gasteiger partial charge is 0.179 e. The average molecular weight is 248 g/mol.